The highest BCUT2D eigenvalue weighted by molar-refractivity contribution is 7.89. The molecule has 20 heavy (non-hydrogen) atoms. The molecule has 0 saturated carbocycles. The van der Waals surface area contributed by atoms with E-state index in [4.69, 9.17) is 0 Å². The Kier molecular flexibility index (Phi) is 4.82. The Hall–Kier alpha value is -0.920. The zero-order chi connectivity index (χ0) is 14.8. The summed E-state index contributed by atoms with van der Waals surface area (Å²) in [5.74, 6) is 0.702. The molecule has 0 aliphatic carbocycles. The van der Waals surface area contributed by atoms with Gasteiger partial charge in [-0.05, 0) is 25.9 Å². The highest BCUT2D eigenvalue weighted by atomic mass is 32.2. The van der Waals surface area contributed by atoms with Crippen molar-refractivity contribution in [2.75, 3.05) is 26.7 Å². The number of H-pyrrole nitrogens is 1. The van der Waals surface area contributed by atoms with Crippen LogP contribution < -0.4 is 0 Å². The minimum atomic E-state index is -3.46. The second-order valence-electron chi connectivity index (χ2n) is 5.26. The molecule has 0 aromatic carbocycles. The predicted octanol–water partition coefficient (Wildman–Crippen LogP) is 1.08. The first kappa shape index (κ1) is 15.5. The van der Waals surface area contributed by atoms with E-state index < -0.39 is 10.0 Å². The van der Waals surface area contributed by atoms with E-state index in [1.54, 1.807) is 7.05 Å². The highest BCUT2D eigenvalue weighted by Gasteiger charge is 2.30. The SMILES string of the molecule is CCc1ncc(S(=O)(=O)N(C)CC2CCCN2CC)[nH]1. The van der Waals surface area contributed by atoms with Gasteiger partial charge in [-0.25, -0.2) is 13.4 Å². The zero-order valence-electron chi connectivity index (χ0n) is 12.5. The molecule has 0 amide bonds. The maximum absolute atomic E-state index is 12.5. The van der Waals surface area contributed by atoms with Gasteiger partial charge in [0, 0.05) is 26.1 Å². The summed E-state index contributed by atoms with van der Waals surface area (Å²) in [6.45, 7) is 6.64. The Morgan fingerprint density at radius 3 is 2.85 bits per heavy atom. The van der Waals surface area contributed by atoms with E-state index in [-0.39, 0.29) is 5.03 Å². The molecule has 7 heteroatoms. The minimum Gasteiger partial charge on any atom is -0.332 e. The Labute approximate surface area is 121 Å². The molecule has 1 unspecified atom stereocenters. The molecule has 1 N–H and O–H groups in total. The number of likely N-dealkylation sites (tertiary alicyclic amines) is 1. The third-order valence-corrected chi connectivity index (χ3v) is 5.73. The standard InChI is InChI=1S/C13H24N4O2S/c1-4-12-14-9-13(15-12)20(18,19)16(3)10-11-7-6-8-17(11)5-2/h9,11H,4-8,10H2,1-3H3,(H,14,15). The second kappa shape index (κ2) is 6.24. The number of nitrogens with zero attached hydrogens (tertiary/aromatic N) is 3. The molecule has 1 aliphatic rings. The van der Waals surface area contributed by atoms with Crippen LogP contribution in [0.25, 0.3) is 0 Å². The summed E-state index contributed by atoms with van der Waals surface area (Å²) in [6, 6.07) is 0.327. The lowest BCUT2D eigenvalue weighted by Gasteiger charge is -2.26. The van der Waals surface area contributed by atoms with Crippen LogP contribution in [-0.2, 0) is 16.4 Å². The van der Waals surface area contributed by atoms with Gasteiger partial charge in [-0.2, -0.15) is 4.31 Å². The fraction of sp³-hybridized carbons (Fsp3) is 0.769. The van der Waals surface area contributed by atoms with Crippen LogP contribution in [0.3, 0.4) is 0 Å². The lowest BCUT2D eigenvalue weighted by Crippen LogP contribution is -2.41. The van der Waals surface area contributed by atoms with Crippen LogP contribution in [0.4, 0.5) is 0 Å². The number of aryl methyl sites for hydroxylation is 1. The molecule has 1 saturated heterocycles. The van der Waals surface area contributed by atoms with E-state index in [0.29, 0.717) is 24.8 Å². The lowest BCUT2D eigenvalue weighted by atomic mass is 10.2. The Bertz CT molecular complexity index is 540. The van der Waals surface area contributed by atoms with Gasteiger partial charge in [0.25, 0.3) is 10.0 Å². The fourth-order valence-corrected chi connectivity index (χ4v) is 3.87. The molecule has 0 bridgehead atoms. The summed E-state index contributed by atoms with van der Waals surface area (Å²) < 4.78 is 26.4. The normalized spacial score (nSPS) is 20.9. The van der Waals surface area contributed by atoms with Gasteiger partial charge in [0.15, 0.2) is 5.03 Å². The van der Waals surface area contributed by atoms with Crippen LogP contribution in [-0.4, -0.2) is 60.3 Å². The van der Waals surface area contributed by atoms with E-state index in [9.17, 15) is 8.42 Å². The summed E-state index contributed by atoms with van der Waals surface area (Å²) in [5.41, 5.74) is 0. The molecule has 1 atom stereocenters. The Balaban J connectivity index is 2.09. The molecule has 1 aromatic rings. The van der Waals surface area contributed by atoms with Gasteiger partial charge in [-0.1, -0.05) is 13.8 Å². The van der Waals surface area contributed by atoms with Crippen molar-refractivity contribution >= 4 is 10.0 Å². The molecule has 1 aliphatic heterocycles. The molecule has 114 valence electrons. The van der Waals surface area contributed by atoms with E-state index in [1.165, 1.54) is 10.5 Å². The van der Waals surface area contributed by atoms with E-state index >= 15 is 0 Å². The van der Waals surface area contributed by atoms with Gasteiger partial charge >= 0.3 is 0 Å². The van der Waals surface area contributed by atoms with Crippen LogP contribution in [0, 0.1) is 0 Å². The van der Waals surface area contributed by atoms with Crippen LogP contribution >= 0.6 is 0 Å². The van der Waals surface area contributed by atoms with Gasteiger partial charge in [-0.3, -0.25) is 4.90 Å². The van der Waals surface area contributed by atoms with Crippen molar-refractivity contribution < 1.29 is 8.42 Å². The van der Waals surface area contributed by atoms with Gasteiger partial charge < -0.3 is 4.98 Å². The zero-order valence-corrected chi connectivity index (χ0v) is 13.3. The number of nitrogens with one attached hydrogen (secondary N) is 1. The van der Waals surface area contributed by atoms with Gasteiger partial charge in [0.1, 0.15) is 5.82 Å². The van der Waals surface area contributed by atoms with Gasteiger partial charge in [0.2, 0.25) is 0 Å². The monoisotopic (exact) mass is 300 g/mol. The molecular formula is C13H24N4O2S. The molecule has 1 fully saturated rings. The van der Waals surface area contributed by atoms with E-state index in [1.807, 2.05) is 6.92 Å². The van der Waals surface area contributed by atoms with Crippen molar-refractivity contribution in [3.05, 3.63) is 12.0 Å². The van der Waals surface area contributed by atoms with Crippen molar-refractivity contribution in [2.24, 2.45) is 0 Å². The number of imidazole rings is 1. The van der Waals surface area contributed by atoms with Crippen LogP contribution in [0.1, 0.15) is 32.5 Å². The Morgan fingerprint density at radius 1 is 1.50 bits per heavy atom. The highest BCUT2D eigenvalue weighted by Crippen LogP contribution is 2.20. The van der Waals surface area contributed by atoms with Crippen molar-refractivity contribution in [3.8, 4) is 0 Å². The third kappa shape index (κ3) is 3.05. The van der Waals surface area contributed by atoms with Crippen LogP contribution in [0.5, 0.6) is 0 Å². The predicted molar refractivity (Wildman–Crippen MR) is 78.1 cm³/mol. The first-order chi connectivity index (χ1) is 9.48. The smallest absolute Gasteiger partial charge is 0.259 e. The minimum absolute atomic E-state index is 0.192. The first-order valence-corrected chi connectivity index (χ1v) is 8.67. The summed E-state index contributed by atoms with van der Waals surface area (Å²) in [7, 11) is -1.81. The van der Waals surface area contributed by atoms with E-state index in [2.05, 4.69) is 21.8 Å². The molecule has 0 radical (unpaired) electrons. The Morgan fingerprint density at radius 2 is 2.25 bits per heavy atom. The molecule has 6 nitrogen and oxygen atoms in total. The number of aromatic amines is 1. The van der Waals surface area contributed by atoms with Crippen molar-refractivity contribution in [1.29, 1.82) is 0 Å². The lowest BCUT2D eigenvalue weighted by molar-refractivity contribution is 0.237. The second-order valence-corrected chi connectivity index (χ2v) is 7.27. The molecular weight excluding hydrogens is 276 g/mol. The van der Waals surface area contributed by atoms with Crippen LogP contribution in [0.2, 0.25) is 0 Å². The number of aromatic nitrogens is 2. The largest absolute Gasteiger partial charge is 0.332 e. The topological polar surface area (TPSA) is 69.3 Å². The third-order valence-electron chi connectivity index (χ3n) is 4.00. The summed E-state index contributed by atoms with van der Waals surface area (Å²) >= 11 is 0. The summed E-state index contributed by atoms with van der Waals surface area (Å²) in [6.07, 6.45) is 4.33. The van der Waals surface area contributed by atoms with Gasteiger partial charge in [-0.15, -0.1) is 0 Å². The van der Waals surface area contributed by atoms with Crippen LogP contribution in [0.15, 0.2) is 11.2 Å². The average molecular weight is 300 g/mol. The fourth-order valence-electron chi connectivity index (χ4n) is 2.74. The molecule has 2 rings (SSSR count). The maximum Gasteiger partial charge on any atom is 0.259 e. The molecule has 0 spiro atoms. The summed E-state index contributed by atoms with van der Waals surface area (Å²) in [4.78, 5) is 9.30. The quantitative estimate of drug-likeness (QED) is 0.853. The average Bonchev–Trinajstić information content (AvgIpc) is 3.07. The number of hydrogen-bond acceptors (Lipinski definition) is 4. The van der Waals surface area contributed by atoms with Crippen molar-refractivity contribution in [3.63, 3.8) is 0 Å². The van der Waals surface area contributed by atoms with Gasteiger partial charge in [0.05, 0.1) is 6.20 Å². The number of rotatable bonds is 6. The number of sulfonamides is 1. The number of hydrogen-bond donors (Lipinski definition) is 1. The van der Waals surface area contributed by atoms with E-state index in [0.717, 1.165) is 25.9 Å². The molecule has 1 aromatic heterocycles. The van der Waals surface area contributed by atoms with Crippen molar-refractivity contribution in [1.82, 2.24) is 19.2 Å². The maximum atomic E-state index is 12.5. The number of likely N-dealkylation sites (N-methyl/N-ethyl adjacent to an activating group) is 2. The first-order valence-electron chi connectivity index (χ1n) is 7.23. The van der Waals surface area contributed by atoms with Crippen molar-refractivity contribution in [2.45, 2.75) is 44.2 Å². The molecule has 2 heterocycles. The summed E-state index contributed by atoms with van der Waals surface area (Å²) in [5, 5.41) is 0.192.